The lowest BCUT2D eigenvalue weighted by Crippen LogP contribution is -2.27. The summed E-state index contributed by atoms with van der Waals surface area (Å²) in [6.45, 7) is 0.871. The Labute approximate surface area is 105 Å². The molecular formula is C11H15ClN2O3. The van der Waals surface area contributed by atoms with E-state index in [-0.39, 0.29) is 22.6 Å². The summed E-state index contributed by atoms with van der Waals surface area (Å²) in [7, 11) is 1.57. The molecule has 1 atom stereocenters. The van der Waals surface area contributed by atoms with Gasteiger partial charge in [0, 0.05) is 19.9 Å². The lowest BCUT2D eigenvalue weighted by molar-refractivity contribution is 0.0949. The molecule has 1 rings (SSSR count). The number of pyridine rings is 1. The van der Waals surface area contributed by atoms with Gasteiger partial charge in [-0.05, 0) is 12.5 Å². The molecule has 0 aliphatic heterocycles. The molecule has 1 amide bonds. The maximum Gasteiger partial charge on any atom is 0.255 e. The van der Waals surface area contributed by atoms with Crippen LogP contribution in [-0.2, 0) is 4.74 Å². The highest BCUT2D eigenvalue weighted by Crippen LogP contribution is 2.13. The first-order chi connectivity index (χ1) is 8.15. The summed E-state index contributed by atoms with van der Waals surface area (Å²) in [6.07, 6.45) is 3.28. The Bertz CT molecular complexity index is 373. The Kier molecular flexibility index (Phi) is 5.72. The van der Waals surface area contributed by atoms with Crippen LogP contribution in [0, 0.1) is 0 Å². The van der Waals surface area contributed by atoms with E-state index in [0.717, 1.165) is 0 Å². The minimum absolute atomic E-state index is 0.133. The fraction of sp³-hybridized carbons (Fsp3) is 0.455. The fourth-order valence-corrected chi connectivity index (χ4v) is 1.51. The Morgan fingerprint density at radius 1 is 1.71 bits per heavy atom. The van der Waals surface area contributed by atoms with Crippen molar-refractivity contribution in [3.8, 4) is 5.75 Å². The number of aromatic hydroxyl groups is 1. The molecule has 2 N–H and O–H groups in total. The number of aromatic nitrogens is 1. The minimum atomic E-state index is -0.341. The number of nitrogens with one attached hydrogen (secondary N) is 1. The van der Waals surface area contributed by atoms with E-state index in [1.165, 1.54) is 18.5 Å². The predicted octanol–water partition coefficient (Wildman–Crippen LogP) is 1.16. The topological polar surface area (TPSA) is 71.5 Å². The number of alkyl halides is 1. The van der Waals surface area contributed by atoms with Crippen molar-refractivity contribution in [2.24, 2.45) is 0 Å². The molecule has 6 heteroatoms. The molecule has 0 saturated carbocycles. The van der Waals surface area contributed by atoms with Crippen LogP contribution in [0.25, 0.3) is 0 Å². The van der Waals surface area contributed by atoms with Gasteiger partial charge in [-0.3, -0.25) is 9.78 Å². The monoisotopic (exact) mass is 258 g/mol. The van der Waals surface area contributed by atoms with Gasteiger partial charge in [0.1, 0.15) is 5.75 Å². The molecule has 17 heavy (non-hydrogen) atoms. The standard InChI is InChI=1S/C11H15ClN2O3/c1-17-7-8(12)2-5-14-11(16)9-3-4-13-6-10(9)15/h3-4,6,8,15H,2,5,7H2,1H3,(H,14,16). The number of nitrogens with zero attached hydrogens (tertiary/aromatic N) is 1. The van der Waals surface area contributed by atoms with Crippen LogP contribution in [-0.4, -0.2) is 41.6 Å². The van der Waals surface area contributed by atoms with Crippen LogP contribution in [0.1, 0.15) is 16.8 Å². The lowest BCUT2D eigenvalue weighted by atomic mass is 10.2. The van der Waals surface area contributed by atoms with Crippen molar-refractivity contribution in [1.29, 1.82) is 0 Å². The van der Waals surface area contributed by atoms with E-state index in [4.69, 9.17) is 16.3 Å². The van der Waals surface area contributed by atoms with Crippen LogP contribution in [0.2, 0.25) is 0 Å². The fourth-order valence-electron chi connectivity index (χ4n) is 1.28. The van der Waals surface area contributed by atoms with Crippen LogP contribution >= 0.6 is 11.6 Å². The van der Waals surface area contributed by atoms with Gasteiger partial charge >= 0.3 is 0 Å². The third kappa shape index (κ3) is 4.58. The summed E-state index contributed by atoms with van der Waals surface area (Å²) in [5.74, 6) is -0.476. The molecule has 1 unspecified atom stereocenters. The van der Waals surface area contributed by atoms with Crippen molar-refractivity contribution in [3.63, 3.8) is 0 Å². The second-order valence-electron chi connectivity index (χ2n) is 3.49. The van der Waals surface area contributed by atoms with E-state index < -0.39 is 0 Å². The highest BCUT2D eigenvalue weighted by Gasteiger charge is 2.11. The van der Waals surface area contributed by atoms with E-state index in [9.17, 15) is 9.90 Å². The first-order valence-corrected chi connectivity index (χ1v) is 5.63. The van der Waals surface area contributed by atoms with Crippen molar-refractivity contribution in [2.45, 2.75) is 11.8 Å². The summed E-state index contributed by atoms with van der Waals surface area (Å²) in [4.78, 5) is 15.3. The number of ether oxygens (including phenoxy) is 1. The minimum Gasteiger partial charge on any atom is -0.505 e. The molecule has 0 bridgehead atoms. The maximum absolute atomic E-state index is 11.6. The van der Waals surface area contributed by atoms with Gasteiger partial charge in [-0.15, -0.1) is 11.6 Å². The van der Waals surface area contributed by atoms with Crippen LogP contribution in [0.3, 0.4) is 0 Å². The third-order valence-electron chi connectivity index (χ3n) is 2.14. The van der Waals surface area contributed by atoms with E-state index in [1.54, 1.807) is 7.11 Å². The average Bonchev–Trinajstić information content (AvgIpc) is 2.29. The smallest absolute Gasteiger partial charge is 0.255 e. The molecule has 94 valence electrons. The molecule has 1 aromatic rings. The SMILES string of the molecule is COCC(Cl)CCNC(=O)c1ccncc1O. The normalized spacial score (nSPS) is 12.1. The number of halogens is 1. The third-order valence-corrected chi connectivity index (χ3v) is 2.48. The van der Waals surface area contributed by atoms with Crippen molar-refractivity contribution < 1.29 is 14.6 Å². The first-order valence-electron chi connectivity index (χ1n) is 5.19. The summed E-state index contributed by atoms with van der Waals surface area (Å²) in [5.41, 5.74) is 0.206. The Morgan fingerprint density at radius 2 is 2.47 bits per heavy atom. The van der Waals surface area contributed by atoms with Gasteiger partial charge in [-0.25, -0.2) is 0 Å². The molecular weight excluding hydrogens is 244 g/mol. The van der Waals surface area contributed by atoms with Crippen LogP contribution in [0.4, 0.5) is 0 Å². The van der Waals surface area contributed by atoms with E-state index in [2.05, 4.69) is 10.3 Å². The van der Waals surface area contributed by atoms with Crippen LogP contribution in [0.15, 0.2) is 18.5 Å². The highest BCUT2D eigenvalue weighted by molar-refractivity contribution is 6.20. The molecule has 1 aromatic heterocycles. The molecule has 5 nitrogen and oxygen atoms in total. The van der Waals surface area contributed by atoms with Crippen molar-refractivity contribution in [3.05, 3.63) is 24.0 Å². The van der Waals surface area contributed by atoms with Crippen molar-refractivity contribution in [1.82, 2.24) is 10.3 Å². The molecule has 0 spiro atoms. The Hall–Kier alpha value is -1.33. The summed E-state index contributed by atoms with van der Waals surface area (Å²) >= 11 is 5.91. The van der Waals surface area contributed by atoms with Crippen LogP contribution < -0.4 is 5.32 Å². The van der Waals surface area contributed by atoms with Gasteiger partial charge < -0.3 is 15.2 Å². The largest absolute Gasteiger partial charge is 0.505 e. The number of carbonyl (C=O) groups is 1. The molecule has 0 aliphatic rings. The van der Waals surface area contributed by atoms with Gasteiger partial charge in [-0.2, -0.15) is 0 Å². The molecule has 0 radical (unpaired) electrons. The molecule has 1 heterocycles. The number of hydrogen-bond acceptors (Lipinski definition) is 4. The van der Waals surface area contributed by atoms with Gasteiger partial charge in [0.25, 0.3) is 5.91 Å². The van der Waals surface area contributed by atoms with Crippen LogP contribution in [0.5, 0.6) is 5.75 Å². The quantitative estimate of drug-likeness (QED) is 0.751. The number of carbonyl (C=O) groups excluding carboxylic acids is 1. The zero-order chi connectivity index (χ0) is 12.7. The second-order valence-corrected chi connectivity index (χ2v) is 4.11. The highest BCUT2D eigenvalue weighted by atomic mass is 35.5. The first kappa shape index (κ1) is 13.7. The zero-order valence-electron chi connectivity index (χ0n) is 9.52. The van der Waals surface area contributed by atoms with E-state index in [0.29, 0.717) is 19.6 Å². The van der Waals surface area contributed by atoms with E-state index in [1.807, 2.05) is 0 Å². The van der Waals surface area contributed by atoms with Gasteiger partial charge in [0.05, 0.1) is 23.7 Å². The van der Waals surface area contributed by atoms with Crippen molar-refractivity contribution in [2.75, 3.05) is 20.3 Å². The molecule has 0 aliphatic carbocycles. The molecule has 0 aromatic carbocycles. The lowest BCUT2D eigenvalue weighted by Gasteiger charge is -2.09. The Balaban J connectivity index is 2.38. The number of amides is 1. The van der Waals surface area contributed by atoms with Gasteiger partial charge in [0.15, 0.2) is 0 Å². The summed E-state index contributed by atoms with van der Waals surface area (Å²) in [6, 6.07) is 1.46. The van der Waals surface area contributed by atoms with Crippen molar-refractivity contribution >= 4 is 17.5 Å². The predicted molar refractivity (Wildman–Crippen MR) is 64.4 cm³/mol. The van der Waals surface area contributed by atoms with Gasteiger partial charge in [-0.1, -0.05) is 0 Å². The molecule has 0 saturated heterocycles. The zero-order valence-corrected chi connectivity index (χ0v) is 10.3. The average molecular weight is 259 g/mol. The van der Waals surface area contributed by atoms with Gasteiger partial charge in [0.2, 0.25) is 0 Å². The molecule has 0 fully saturated rings. The Morgan fingerprint density at radius 3 is 3.12 bits per heavy atom. The number of methoxy groups -OCH3 is 1. The second kappa shape index (κ2) is 7.09. The number of hydrogen-bond donors (Lipinski definition) is 2. The maximum atomic E-state index is 11.6. The van der Waals surface area contributed by atoms with E-state index >= 15 is 0 Å². The summed E-state index contributed by atoms with van der Waals surface area (Å²) < 4.78 is 4.87. The summed E-state index contributed by atoms with van der Waals surface area (Å²) in [5, 5.41) is 11.9. The number of rotatable bonds is 6.